The molecular weight excluding hydrogens is 202 g/mol. The van der Waals surface area contributed by atoms with Gasteiger partial charge >= 0.3 is 0 Å². The van der Waals surface area contributed by atoms with Gasteiger partial charge in [0.05, 0.1) is 11.7 Å². The molecule has 2 unspecified atom stereocenters. The SMILES string of the molecule is CCCC1(O)CN(C2CCCCCC2O)C1. The van der Waals surface area contributed by atoms with E-state index in [0.717, 1.165) is 45.2 Å². The van der Waals surface area contributed by atoms with Crippen molar-refractivity contribution < 1.29 is 10.2 Å². The van der Waals surface area contributed by atoms with Crippen molar-refractivity contribution in [2.75, 3.05) is 13.1 Å². The largest absolute Gasteiger partial charge is 0.391 e. The molecule has 0 radical (unpaired) electrons. The lowest BCUT2D eigenvalue weighted by Gasteiger charge is -2.51. The van der Waals surface area contributed by atoms with Gasteiger partial charge in [0.15, 0.2) is 0 Å². The van der Waals surface area contributed by atoms with Gasteiger partial charge in [-0.05, 0) is 19.3 Å². The van der Waals surface area contributed by atoms with Crippen LogP contribution in [0.25, 0.3) is 0 Å². The smallest absolute Gasteiger partial charge is 0.0900 e. The van der Waals surface area contributed by atoms with Crippen molar-refractivity contribution in [3.05, 3.63) is 0 Å². The van der Waals surface area contributed by atoms with E-state index in [1.165, 1.54) is 12.8 Å². The molecule has 2 atom stereocenters. The molecule has 1 aliphatic carbocycles. The van der Waals surface area contributed by atoms with Crippen LogP contribution >= 0.6 is 0 Å². The average molecular weight is 227 g/mol. The Balaban J connectivity index is 1.85. The highest BCUT2D eigenvalue weighted by molar-refractivity contribution is 4.99. The maximum atomic E-state index is 10.1. The van der Waals surface area contributed by atoms with E-state index in [4.69, 9.17) is 0 Å². The predicted octanol–water partition coefficient (Wildman–Crippen LogP) is 1.53. The number of hydrogen-bond donors (Lipinski definition) is 2. The van der Waals surface area contributed by atoms with Gasteiger partial charge in [0.1, 0.15) is 0 Å². The summed E-state index contributed by atoms with van der Waals surface area (Å²) in [5.74, 6) is 0. The van der Waals surface area contributed by atoms with Gasteiger partial charge < -0.3 is 10.2 Å². The van der Waals surface area contributed by atoms with Crippen LogP contribution in [0.5, 0.6) is 0 Å². The number of nitrogens with zero attached hydrogens (tertiary/aromatic N) is 1. The van der Waals surface area contributed by atoms with Crippen LogP contribution in [0, 0.1) is 0 Å². The van der Waals surface area contributed by atoms with Gasteiger partial charge in [-0.25, -0.2) is 0 Å². The van der Waals surface area contributed by atoms with Gasteiger partial charge in [-0.15, -0.1) is 0 Å². The number of hydrogen-bond acceptors (Lipinski definition) is 3. The summed E-state index contributed by atoms with van der Waals surface area (Å²) in [4.78, 5) is 2.28. The minimum absolute atomic E-state index is 0.173. The van der Waals surface area contributed by atoms with Crippen LogP contribution in [-0.4, -0.2) is 45.9 Å². The molecule has 1 heterocycles. The first-order valence-electron chi connectivity index (χ1n) is 6.79. The minimum Gasteiger partial charge on any atom is -0.391 e. The van der Waals surface area contributed by atoms with E-state index in [2.05, 4.69) is 11.8 Å². The molecule has 1 saturated carbocycles. The first-order chi connectivity index (χ1) is 7.64. The van der Waals surface area contributed by atoms with E-state index in [1.807, 2.05) is 0 Å². The molecule has 16 heavy (non-hydrogen) atoms. The second-order valence-electron chi connectivity index (χ2n) is 5.65. The van der Waals surface area contributed by atoms with Gasteiger partial charge in [0.25, 0.3) is 0 Å². The van der Waals surface area contributed by atoms with Gasteiger partial charge in [-0.2, -0.15) is 0 Å². The molecule has 0 aromatic rings. The predicted molar refractivity (Wildman–Crippen MR) is 64.3 cm³/mol. The molecule has 0 bridgehead atoms. The van der Waals surface area contributed by atoms with Crippen LogP contribution < -0.4 is 0 Å². The highest BCUT2D eigenvalue weighted by Crippen LogP contribution is 2.32. The molecule has 2 N–H and O–H groups in total. The zero-order valence-electron chi connectivity index (χ0n) is 10.4. The van der Waals surface area contributed by atoms with Crippen LogP contribution in [0.3, 0.4) is 0 Å². The number of aliphatic hydroxyl groups excluding tert-OH is 1. The van der Waals surface area contributed by atoms with Gasteiger partial charge in [0.2, 0.25) is 0 Å². The lowest BCUT2D eigenvalue weighted by atomic mass is 9.86. The summed E-state index contributed by atoms with van der Waals surface area (Å²) in [5, 5.41) is 20.2. The molecule has 0 amide bonds. The second-order valence-corrected chi connectivity index (χ2v) is 5.65. The van der Waals surface area contributed by atoms with E-state index >= 15 is 0 Å². The maximum Gasteiger partial charge on any atom is 0.0900 e. The standard InChI is InChI=1S/C13H25NO2/c1-2-8-13(16)9-14(10-13)11-6-4-3-5-7-12(11)15/h11-12,15-16H,2-10H2,1H3. The molecule has 3 nitrogen and oxygen atoms in total. The molecule has 1 saturated heterocycles. The zero-order chi connectivity index (χ0) is 11.6. The Labute approximate surface area is 98.5 Å². The highest BCUT2D eigenvalue weighted by atomic mass is 16.3. The Hall–Kier alpha value is -0.120. The van der Waals surface area contributed by atoms with E-state index in [1.54, 1.807) is 0 Å². The van der Waals surface area contributed by atoms with Crippen molar-refractivity contribution in [1.82, 2.24) is 4.90 Å². The van der Waals surface area contributed by atoms with Crippen molar-refractivity contribution in [3.63, 3.8) is 0 Å². The van der Waals surface area contributed by atoms with Crippen molar-refractivity contribution >= 4 is 0 Å². The quantitative estimate of drug-likeness (QED) is 0.719. The minimum atomic E-state index is -0.458. The third-order valence-corrected chi connectivity index (χ3v) is 4.12. The number of likely N-dealkylation sites (tertiary alicyclic amines) is 1. The normalized spacial score (nSPS) is 35.4. The first kappa shape index (κ1) is 12.3. The molecule has 0 spiro atoms. The van der Waals surface area contributed by atoms with Gasteiger partial charge in [0, 0.05) is 19.1 Å². The monoisotopic (exact) mass is 227 g/mol. The van der Waals surface area contributed by atoms with E-state index in [9.17, 15) is 10.2 Å². The summed E-state index contributed by atoms with van der Waals surface area (Å²) in [5.41, 5.74) is -0.458. The lowest BCUT2D eigenvalue weighted by molar-refractivity contribution is -0.137. The molecule has 94 valence electrons. The van der Waals surface area contributed by atoms with Crippen LogP contribution in [0.4, 0.5) is 0 Å². The van der Waals surface area contributed by atoms with Crippen molar-refractivity contribution in [2.45, 2.75) is 69.6 Å². The third kappa shape index (κ3) is 2.58. The second kappa shape index (κ2) is 5.03. The topological polar surface area (TPSA) is 43.7 Å². The fourth-order valence-corrected chi connectivity index (χ4v) is 3.26. The fraction of sp³-hybridized carbons (Fsp3) is 1.00. The summed E-state index contributed by atoms with van der Waals surface area (Å²) in [6.07, 6.45) is 7.44. The average Bonchev–Trinajstić information content (AvgIpc) is 2.39. The Morgan fingerprint density at radius 3 is 2.56 bits per heavy atom. The number of rotatable bonds is 3. The maximum absolute atomic E-state index is 10.1. The molecular formula is C13H25NO2. The van der Waals surface area contributed by atoms with Crippen LogP contribution in [0.15, 0.2) is 0 Å². The van der Waals surface area contributed by atoms with Gasteiger partial charge in [-0.3, -0.25) is 4.90 Å². The van der Waals surface area contributed by atoms with Crippen LogP contribution in [0.2, 0.25) is 0 Å². The van der Waals surface area contributed by atoms with E-state index in [0.29, 0.717) is 6.04 Å². The molecule has 1 aliphatic heterocycles. The summed E-state index contributed by atoms with van der Waals surface area (Å²) in [7, 11) is 0. The van der Waals surface area contributed by atoms with Crippen LogP contribution in [0.1, 0.15) is 51.9 Å². The molecule has 3 heteroatoms. The Kier molecular flexibility index (Phi) is 3.88. The molecule has 0 aromatic heterocycles. The highest BCUT2D eigenvalue weighted by Gasteiger charge is 2.44. The first-order valence-corrected chi connectivity index (χ1v) is 6.79. The Morgan fingerprint density at radius 1 is 1.19 bits per heavy atom. The fourth-order valence-electron chi connectivity index (χ4n) is 3.26. The molecule has 2 aliphatic rings. The third-order valence-electron chi connectivity index (χ3n) is 4.12. The summed E-state index contributed by atoms with van der Waals surface area (Å²) < 4.78 is 0. The zero-order valence-corrected chi connectivity index (χ0v) is 10.4. The Morgan fingerprint density at radius 2 is 1.88 bits per heavy atom. The van der Waals surface area contributed by atoms with Gasteiger partial charge in [-0.1, -0.05) is 32.6 Å². The van der Waals surface area contributed by atoms with Crippen LogP contribution in [-0.2, 0) is 0 Å². The van der Waals surface area contributed by atoms with E-state index < -0.39 is 5.60 Å². The molecule has 2 fully saturated rings. The van der Waals surface area contributed by atoms with Crippen molar-refractivity contribution in [3.8, 4) is 0 Å². The molecule has 0 aromatic carbocycles. The Bertz CT molecular complexity index is 226. The number of aliphatic hydroxyl groups is 2. The summed E-state index contributed by atoms with van der Waals surface area (Å²) in [6, 6.07) is 0.305. The van der Waals surface area contributed by atoms with E-state index in [-0.39, 0.29) is 6.10 Å². The summed E-state index contributed by atoms with van der Waals surface area (Å²) >= 11 is 0. The summed E-state index contributed by atoms with van der Waals surface area (Å²) in [6.45, 7) is 3.65. The lowest BCUT2D eigenvalue weighted by Crippen LogP contribution is -2.66. The number of β-amino-alcohol motifs (C(OH)–C–C–N with tert-alkyl or cyclic N) is 1. The van der Waals surface area contributed by atoms with Crippen molar-refractivity contribution in [2.24, 2.45) is 0 Å². The van der Waals surface area contributed by atoms with Crippen molar-refractivity contribution in [1.29, 1.82) is 0 Å². The molecule has 2 rings (SSSR count).